The number of benzene rings is 1. The molecule has 0 spiro atoms. The van der Waals surface area contributed by atoms with Gasteiger partial charge in [-0.15, -0.1) is 0 Å². The smallest absolute Gasteiger partial charge is 0.120 e. The second-order valence-corrected chi connectivity index (χ2v) is 4.26. The molecule has 0 aliphatic carbocycles. The van der Waals surface area contributed by atoms with Gasteiger partial charge in [0.1, 0.15) is 5.75 Å². The monoisotopic (exact) mass is 232 g/mol. The highest BCUT2D eigenvalue weighted by Crippen LogP contribution is 2.29. The van der Waals surface area contributed by atoms with E-state index in [1.807, 2.05) is 13.1 Å². The van der Waals surface area contributed by atoms with E-state index in [-0.39, 0.29) is 0 Å². The van der Waals surface area contributed by atoms with Gasteiger partial charge in [0.05, 0.1) is 12.6 Å². The van der Waals surface area contributed by atoms with Crippen LogP contribution in [-0.4, -0.2) is 18.7 Å². The van der Waals surface area contributed by atoms with Crippen LogP contribution in [0.2, 0.25) is 0 Å². The SMILES string of the molecule is CCn1cc(C(C)NC)c2ccc(OC)cc21. The van der Waals surface area contributed by atoms with Crippen molar-refractivity contribution in [3.05, 3.63) is 30.0 Å². The van der Waals surface area contributed by atoms with Crippen LogP contribution in [0.15, 0.2) is 24.4 Å². The Morgan fingerprint density at radius 2 is 2.18 bits per heavy atom. The number of fused-ring (bicyclic) bond motifs is 1. The minimum absolute atomic E-state index is 0.360. The summed E-state index contributed by atoms with van der Waals surface area (Å²) in [6, 6.07) is 6.63. The van der Waals surface area contributed by atoms with Crippen molar-refractivity contribution in [3.8, 4) is 5.75 Å². The molecule has 1 aromatic carbocycles. The summed E-state index contributed by atoms with van der Waals surface area (Å²) in [5.41, 5.74) is 2.58. The van der Waals surface area contributed by atoms with Crippen LogP contribution in [0.5, 0.6) is 5.75 Å². The maximum atomic E-state index is 5.29. The Labute approximate surface area is 102 Å². The summed E-state index contributed by atoms with van der Waals surface area (Å²) < 4.78 is 7.55. The molecule has 0 amide bonds. The topological polar surface area (TPSA) is 26.2 Å². The van der Waals surface area contributed by atoms with E-state index in [1.165, 1.54) is 16.5 Å². The maximum Gasteiger partial charge on any atom is 0.120 e. The molecule has 92 valence electrons. The quantitative estimate of drug-likeness (QED) is 0.877. The van der Waals surface area contributed by atoms with Crippen molar-refractivity contribution in [1.29, 1.82) is 0 Å². The minimum atomic E-state index is 0.360. The third-order valence-electron chi connectivity index (χ3n) is 3.36. The molecule has 0 saturated carbocycles. The molecule has 1 heterocycles. The number of nitrogens with zero attached hydrogens (tertiary/aromatic N) is 1. The van der Waals surface area contributed by atoms with E-state index in [0.717, 1.165) is 12.3 Å². The van der Waals surface area contributed by atoms with Crippen molar-refractivity contribution < 1.29 is 4.74 Å². The number of hydrogen-bond acceptors (Lipinski definition) is 2. The summed E-state index contributed by atoms with van der Waals surface area (Å²) in [6.45, 7) is 5.31. The lowest BCUT2D eigenvalue weighted by molar-refractivity contribution is 0.415. The number of aromatic nitrogens is 1. The highest BCUT2D eigenvalue weighted by molar-refractivity contribution is 5.85. The van der Waals surface area contributed by atoms with Crippen molar-refractivity contribution in [2.24, 2.45) is 0 Å². The molecule has 3 heteroatoms. The molecule has 17 heavy (non-hydrogen) atoms. The second kappa shape index (κ2) is 4.80. The average Bonchev–Trinajstić information content (AvgIpc) is 2.75. The number of hydrogen-bond donors (Lipinski definition) is 1. The van der Waals surface area contributed by atoms with Gasteiger partial charge in [-0.1, -0.05) is 0 Å². The lowest BCUT2D eigenvalue weighted by Crippen LogP contribution is -2.11. The van der Waals surface area contributed by atoms with Crippen LogP contribution < -0.4 is 10.1 Å². The molecule has 0 radical (unpaired) electrons. The van der Waals surface area contributed by atoms with Crippen molar-refractivity contribution in [1.82, 2.24) is 9.88 Å². The molecular formula is C14H20N2O. The largest absolute Gasteiger partial charge is 0.497 e. The molecule has 1 unspecified atom stereocenters. The number of aryl methyl sites for hydroxylation is 1. The Morgan fingerprint density at radius 3 is 2.76 bits per heavy atom. The van der Waals surface area contributed by atoms with Gasteiger partial charge in [0, 0.05) is 30.2 Å². The van der Waals surface area contributed by atoms with Crippen molar-refractivity contribution in [2.45, 2.75) is 26.4 Å². The third kappa shape index (κ3) is 2.03. The standard InChI is InChI=1S/C14H20N2O/c1-5-16-9-13(10(2)15-3)12-7-6-11(17-4)8-14(12)16/h6-10,15H,5H2,1-4H3. The molecule has 0 saturated heterocycles. The van der Waals surface area contributed by atoms with Gasteiger partial charge in [-0.25, -0.2) is 0 Å². The normalized spacial score (nSPS) is 12.9. The summed E-state index contributed by atoms with van der Waals surface area (Å²) in [4.78, 5) is 0. The highest BCUT2D eigenvalue weighted by Gasteiger charge is 2.12. The van der Waals surface area contributed by atoms with Crippen LogP contribution >= 0.6 is 0 Å². The lowest BCUT2D eigenvalue weighted by Gasteiger charge is -2.08. The number of ether oxygens (including phenoxy) is 1. The van der Waals surface area contributed by atoms with Crippen molar-refractivity contribution >= 4 is 10.9 Å². The highest BCUT2D eigenvalue weighted by atomic mass is 16.5. The van der Waals surface area contributed by atoms with Gasteiger partial charge in [-0.05, 0) is 38.6 Å². The molecule has 1 N–H and O–H groups in total. The molecule has 2 aromatic rings. The lowest BCUT2D eigenvalue weighted by atomic mass is 10.1. The van der Waals surface area contributed by atoms with E-state index in [2.05, 4.69) is 42.1 Å². The Morgan fingerprint density at radius 1 is 1.41 bits per heavy atom. The van der Waals surface area contributed by atoms with Crippen LogP contribution in [-0.2, 0) is 6.54 Å². The number of rotatable bonds is 4. The number of methoxy groups -OCH3 is 1. The number of nitrogens with one attached hydrogen (secondary N) is 1. The Balaban J connectivity index is 2.64. The maximum absolute atomic E-state index is 5.29. The molecule has 1 atom stereocenters. The summed E-state index contributed by atoms with van der Waals surface area (Å²) in [5.74, 6) is 0.911. The first-order valence-electron chi connectivity index (χ1n) is 6.05. The molecular weight excluding hydrogens is 212 g/mol. The predicted molar refractivity (Wildman–Crippen MR) is 71.6 cm³/mol. The zero-order valence-corrected chi connectivity index (χ0v) is 10.9. The molecule has 3 nitrogen and oxygen atoms in total. The van der Waals surface area contributed by atoms with Crippen LogP contribution in [0.1, 0.15) is 25.5 Å². The molecule has 0 aliphatic rings. The summed E-state index contributed by atoms with van der Waals surface area (Å²) >= 11 is 0. The van der Waals surface area contributed by atoms with Gasteiger partial charge in [-0.2, -0.15) is 0 Å². The fourth-order valence-corrected chi connectivity index (χ4v) is 2.19. The Hall–Kier alpha value is -1.48. The molecule has 0 bridgehead atoms. The van der Waals surface area contributed by atoms with Crippen molar-refractivity contribution in [3.63, 3.8) is 0 Å². The summed E-state index contributed by atoms with van der Waals surface area (Å²) in [6.07, 6.45) is 2.23. The zero-order valence-electron chi connectivity index (χ0n) is 10.9. The van der Waals surface area contributed by atoms with Gasteiger partial charge >= 0.3 is 0 Å². The predicted octanol–water partition coefficient (Wildman–Crippen LogP) is 2.95. The van der Waals surface area contributed by atoms with Gasteiger partial charge in [-0.3, -0.25) is 0 Å². The third-order valence-corrected chi connectivity index (χ3v) is 3.36. The van der Waals surface area contributed by atoms with E-state index in [0.29, 0.717) is 6.04 Å². The zero-order chi connectivity index (χ0) is 12.4. The van der Waals surface area contributed by atoms with E-state index >= 15 is 0 Å². The van der Waals surface area contributed by atoms with Crippen LogP contribution in [0.25, 0.3) is 10.9 Å². The van der Waals surface area contributed by atoms with E-state index in [1.54, 1.807) is 7.11 Å². The molecule has 0 fully saturated rings. The van der Waals surface area contributed by atoms with Crippen LogP contribution in [0.3, 0.4) is 0 Å². The summed E-state index contributed by atoms with van der Waals surface area (Å²) in [5, 5.41) is 4.60. The Bertz CT molecular complexity index is 516. The molecule has 0 aliphatic heterocycles. The molecule has 1 aromatic heterocycles. The molecule has 2 rings (SSSR count). The first-order valence-corrected chi connectivity index (χ1v) is 6.05. The fraction of sp³-hybridized carbons (Fsp3) is 0.429. The average molecular weight is 232 g/mol. The van der Waals surface area contributed by atoms with Gasteiger partial charge in [0.15, 0.2) is 0 Å². The fourth-order valence-electron chi connectivity index (χ4n) is 2.19. The Kier molecular flexibility index (Phi) is 3.38. The van der Waals surface area contributed by atoms with Crippen molar-refractivity contribution in [2.75, 3.05) is 14.2 Å². The van der Waals surface area contributed by atoms with E-state index in [4.69, 9.17) is 4.74 Å². The van der Waals surface area contributed by atoms with Crippen LogP contribution in [0, 0.1) is 0 Å². The van der Waals surface area contributed by atoms with Gasteiger partial charge < -0.3 is 14.6 Å². The minimum Gasteiger partial charge on any atom is -0.497 e. The first kappa shape index (κ1) is 12.0. The summed E-state index contributed by atoms with van der Waals surface area (Å²) in [7, 11) is 3.70. The van der Waals surface area contributed by atoms with E-state index in [9.17, 15) is 0 Å². The van der Waals surface area contributed by atoms with Gasteiger partial charge in [0.2, 0.25) is 0 Å². The first-order chi connectivity index (χ1) is 8.21. The van der Waals surface area contributed by atoms with Gasteiger partial charge in [0.25, 0.3) is 0 Å². The van der Waals surface area contributed by atoms with E-state index < -0.39 is 0 Å². The van der Waals surface area contributed by atoms with Crippen LogP contribution in [0.4, 0.5) is 0 Å². The second-order valence-electron chi connectivity index (χ2n) is 4.26.